The van der Waals surface area contributed by atoms with Gasteiger partial charge < -0.3 is 39.2 Å². The fraction of sp³-hybridized carbons (Fsp3) is 0.553. The van der Waals surface area contributed by atoms with Crippen LogP contribution >= 0.6 is 0 Å². The van der Waals surface area contributed by atoms with Crippen molar-refractivity contribution >= 4 is 23.9 Å². The Balaban J connectivity index is 1.18. The molecule has 0 aromatic heterocycles. The van der Waals surface area contributed by atoms with Crippen molar-refractivity contribution in [3.63, 3.8) is 0 Å². The third-order valence-electron chi connectivity index (χ3n) is 10.2. The number of aliphatic hydroxyl groups excluding tert-OH is 2. The Morgan fingerprint density at radius 3 is 2.53 bits per heavy atom. The van der Waals surface area contributed by atoms with Crippen LogP contribution in [0.15, 0.2) is 54.8 Å². The summed E-state index contributed by atoms with van der Waals surface area (Å²) < 4.78 is 30.3. The Kier molecular flexibility index (Phi) is 9.72. The number of carbonyl (C=O) groups is 3. The van der Waals surface area contributed by atoms with Crippen molar-refractivity contribution in [1.82, 2.24) is 10.4 Å². The quantitative estimate of drug-likeness (QED) is 0.168. The number of esters is 2. The minimum absolute atomic E-state index is 0.0174. The summed E-state index contributed by atoms with van der Waals surface area (Å²) in [6.45, 7) is 5.12. The lowest BCUT2D eigenvalue weighted by Gasteiger charge is -2.49. The van der Waals surface area contributed by atoms with E-state index in [1.165, 1.54) is 11.3 Å². The van der Waals surface area contributed by atoms with Crippen molar-refractivity contribution in [2.75, 3.05) is 19.8 Å². The number of hydroxylamine groups is 2. The molecule has 2 aliphatic carbocycles. The Morgan fingerprint density at radius 2 is 1.82 bits per heavy atom. The lowest BCUT2D eigenvalue weighted by Crippen LogP contribution is -2.70. The minimum atomic E-state index is -1.45. The number of nitrogens with zero attached hydrogens (tertiary/aromatic N) is 1. The summed E-state index contributed by atoms with van der Waals surface area (Å²) in [5, 5.41) is 23.8. The lowest BCUT2D eigenvalue weighted by molar-refractivity contribution is -0.217. The van der Waals surface area contributed by atoms with Gasteiger partial charge in [-0.3, -0.25) is 19.2 Å². The molecule has 2 aromatic rings. The second-order valence-electron chi connectivity index (χ2n) is 15.0. The average Bonchev–Trinajstić information content (AvgIpc) is 3.76. The summed E-state index contributed by atoms with van der Waals surface area (Å²) in [6, 6.07) is 13.7. The predicted octanol–water partition coefficient (Wildman–Crippen LogP) is 2.34. The third kappa shape index (κ3) is 6.90. The highest BCUT2D eigenvalue weighted by Gasteiger charge is 2.76. The van der Waals surface area contributed by atoms with Gasteiger partial charge in [0.05, 0.1) is 32.1 Å². The second kappa shape index (κ2) is 13.9. The largest absolute Gasteiger partial charge is 0.499 e. The molecular weight excluding hydrogens is 660 g/mol. The van der Waals surface area contributed by atoms with Gasteiger partial charge in [-0.15, -0.1) is 0 Å². The first-order chi connectivity index (χ1) is 24.4. The number of aliphatic hydroxyl groups is 2. The van der Waals surface area contributed by atoms with Crippen molar-refractivity contribution < 1.29 is 53.1 Å². The van der Waals surface area contributed by atoms with E-state index >= 15 is 0 Å². The van der Waals surface area contributed by atoms with Crippen LogP contribution in [0.2, 0.25) is 0 Å². The molecule has 1 spiro atoms. The highest BCUT2D eigenvalue weighted by Crippen LogP contribution is 2.58. The van der Waals surface area contributed by atoms with Gasteiger partial charge in [-0.2, -0.15) is 5.06 Å². The van der Waals surface area contributed by atoms with Gasteiger partial charge in [0.15, 0.2) is 11.8 Å². The number of fused-ring (bicyclic) bond motifs is 5. The maximum atomic E-state index is 14.7. The first-order valence-corrected chi connectivity index (χ1v) is 17.6. The number of ether oxygens (including phenoxy) is 5. The zero-order chi connectivity index (χ0) is 36.0. The molecular formula is C38H46N2O11. The fourth-order valence-corrected chi connectivity index (χ4v) is 8.20. The van der Waals surface area contributed by atoms with Gasteiger partial charge in [0.1, 0.15) is 42.0 Å². The number of hydrogen-bond donors (Lipinski definition) is 3. The van der Waals surface area contributed by atoms with Crippen molar-refractivity contribution in [3.8, 4) is 0 Å². The number of carbonyl (C=O) groups excluding carboxylic acids is 3. The first kappa shape index (κ1) is 35.5. The van der Waals surface area contributed by atoms with Gasteiger partial charge in [0, 0.05) is 25.7 Å². The molecule has 13 heteroatoms. The van der Waals surface area contributed by atoms with Crippen LogP contribution in [0.5, 0.6) is 0 Å². The monoisotopic (exact) mass is 706 g/mol. The normalized spacial score (nSPS) is 29.4. The van der Waals surface area contributed by atoms with E-state index in [2.05, 4.69) is 5.32 Å². The molecule has 7 unspecified atom stereocenters. The topological polar surface area (TPSA) is 162 Å². The van der Waals surface area contributed by atoms with Crippen molar-refractivity contribution in [2.24, 2.45) is 5.41 Å². The number of amides is 1. The summed E-state index contributed by atoms with van der Waals surface area (Å²) in [6.07, 6.45) is 1.44. The fourth-order valence-electron chi connectivity index (χ4n) is 8.20. The Hall–Kier alpha value is -3.85. The van der Waals surface area contributed by atoms with Gasteiger partial charge in [-0.05, 0) is 55.5 Å². The van der Waals surface area contributed by atoms with Gasteiger partial charge >= 0.3 is 11.9 Å². The number of rotatable bonds is 12. The molecule has 3 saturated heterocycles. The van der Waals surface area contributed by atoms with Gasteiger partial charge in [0.2, 0.25) is 5.91 Å². The van der Waals surface area contributed by atoms with E-state index in [9.17, 15) is 19.5 Å². The SMILES string of the molecule is CC(C)(C)OC(=O)CCC(CO)NC(=O)C12CC3OC(=O)C1N(Cc1cccc(C=COCCO)c1)OC2C1OC2(Cc4ccccc4C2)OC31. The summed E-state index contributed by atoms with van der Waals surface area (Å²) in [4.78, 5) is 47.9. The molecule has 3 N–H and O–H groups in total. The first-order valence-electron chi connectivity index (χ1n) is 17.6. The van der Waals surface area contributed by atoms with Gasteiger partial charge in [-0.25, -0.2) is 0 Å². The van der Waals surface area contributed by atoms with Crippen molar-refractivity contribution in [2.45, 2.75) is 107 Å². The summed E-state index contributed by atoms with van der Waals surface area (Å²) in [5.74, 6) is -2.53. The van der Waals surface area contributed by atoms with Crippen LogP contribution in [-0.4, -0.2) is 101 Å². The standard InChI is InChI=1S/C38H46N2O11/c1-36(2,3)48-29(43)12-11-27(22-42)39-35(45)38-20-28-30-31(50-37(49-30)18-25-9-4-5-10-26(25)19-37)33(38)51-40(32(38)34(44)47-28)21-24-8-6-7-23(17-24)13-15-46-16-14-41/h4-10,13,15,17,27-28,30-33,41-42H,11-12,14,16,18-22H2,1-3H3,(H,39,45). The Morgan fingerprint density at radius 1 is 1.08 bits per heavy atom. The van der Waals surface area contributed by atoms with Crippen LogP contribution in [0.3, 0.4) is 0 Å². The smallest absolute Gasteiger partial charge is 0.327 e. The van der Waals surface area contributed by atoms with E-state index in [1.54, 1.807) is 26.8 Å². The minimum Gasteiger partial charge on any atom is -0.499 e. The number of benzene rings is 2. The van der Waals surface area contributed by atoms with Crippen LogP contribution in [-0.2, 0) is 62.3 Å². The van der Waals surface area contributed by atoms with E-state index in [1.807, 2.05) is 48.5 Å². The van der Waals surface area contributed by atoms with E-state index in [0.29, 0.717) is 12.8 Å². The van der Waals surface area contributed by atoms with Gasteiger partial charge in [-0.1, -0.05) is 48.5 Å². The van der Waals surface area contributed by atoms with E-state index in [0.717, 1.165) is 22.3 Å². The van der Waals surface area contributed by atoms with Crippen LogP contribution < -0.4 is 5.32 Å². The molecule has 274 valence electrons. The zero-order valence-electron chi connectivity index (χ0n) is 29.1. The Labute approximate surface area is 296 Å². The second-order valence-corrected chi connectivity index (χ2v) is 15.0. The molecule has 2 bridgehead atoms. The molecule has 1 saturated carbocycles. The van der Waals surface area contributed by atoms with Crippen LogP contribution in [0.4, 0.5) is 0 Å². The maximum absolute atomic E-state index is 14.7. The highest BCUT2D eigenvalue weighted by atomic mass is 16.8. The zero-order valence-corrected chi connectivity index (χ0v) is 29.1. The molecule has 1 amide bonds. The summed E-state index contributed by atoms with van der Waals surface area (Å²) in [7, 11) is 0. The molecule has 0 radical (unpaired) electrons. The average molecular weight is 707 g/mol. The van der Waals surface area contributed by atoms with Gasteiger partial charge in [0.25, 0.3) is 0 Å². The molecule has 5 aliphatic rings. The van der Waals surface area contributed by atoms with Crippen LogP contribution in [0.1, 0.15) is 62.3 Å². The molecule has 4 fully saturated rings. The summed E-state index contributed by atoms with van der Waals surface area (Å²) in [5.41, 5.74) is 1.73. The lowest BCUT2D eigenvalue weighted by atomic mass is 9.62. The van der Waals surface area contributed by atoms with E-state index < -0.39 is 77.8 Å². The van der Waals surface area contributed by atoms with Crippen LogP contribution in [0.25, 0.3) is 6.08 Å². The predicted molar refractivity (Wildman–Crippen MR) is 180 cm³/mol. The molecule has 13 nitrogen and oxygen atoms in total. The maximum Gasteiger partial charge on any atom is 0.327 e. The highest BCUT2D eigenvalue weighted by molar-refractivity contribution is 5.93. The molecule has 7 rings (SSSR count). The van der Waals surface area contributed by atoms with E-state index in [4.69, 9.17) is 33.6 Å². The molecule has 7 atom stereocenters. The van der Waals surface area contributed by atoms with Crippen LogP contribution in [0, 0.1) is 5.41 Å². The molecule has 3 aliphatic heterocycles. The third-order valence-corrected chi connectivity index (χ3v) is 10.2. The summed E-state index contributed by atoms with van der Waals surface area (Å²) >= 11 is 0. The number of hydrogen-bond acceptors (Lipinski definition) is 12. The molecule has 2 aromatic carbocycles. The van der Waals surface area contributed by atoms with E-state index in [-0.39, 0.29) is 39.0 Å². The van der Waals surface area contributed by atoms with Crippen molar-refractivity contribution in [1.29, 1.82) is 0 Å². The number of nitrogens with one attached hydrogen (secondary N) is 1. The molecule has 51 heavy (non-hydrogen) atoms. The molecule has 3 heterocycles. The Bertz CT molecular complexity index is 1650. The van der Waals surface area contributed by atoms with Crippen molar-refractivity contribution in [3.05, 3.63) is 77.0 Å².